The monoisotopic (exact) mass is 651 g/mol. The average Bonchev–Trinajstić information content (AvgIpc) is 3.49. The normalized spacial score (nSPS) is 14.9. The van der Waals surface area contributed by atoms with Gasteiger partial charge in [0, 0.05) is 28.2 Å². The van der Waals surface area contributed by atoms with Crippen molar-refractivity contribution in [3.8, 4) is 44.9 Å². The van der Waals surface area contributed by atoms with Crippen molar-refractivity contribution in [1.29, 1.82) is 0 Å². The molecule has 8 aromatic carbocycles. The van der Waals surface area contributed by atoms with Gasteiger partial charge in [-0.2, -0.15) is 0 Å². The van der Waals surface area contributed by atoms with Gasteiger partial charge in [-0.1, -0.05) is 152 Å². The minimum absolute atomic E-state index is 0.574. The van der Waals surface area contributed by atoms with Crippen molar-refractivity contribution >= 4 is 17.1 Å². The zero-order valence-corrected chi connectivity index (χ0v) is 27.9. The summed E-state index contributed by atoms with van der Waals surface area (Å²) in [5.74, 6) is 1.78. The highest BCUT2D eigenvalue weighted by Gasteiger charge is 2.51. The summed E-state index contributed by atoms with van der Waals surface area (Å²) in [4.78, 5) is 2.38. The molecule has 8 aromatic rings. The van der Waals surface area contributed by atoms with Gasteiger partial charge in [-0.25, -0.2) is 0 Å². The molecule has 0 amide bonds. The summed E-state index contributed by atoms with van der Waals surface area (Å²) in [6.07, 6.45) is 0. The first-order valence-electron chi connectivity index (χ1n) is 17.5. The number of ether oxygens (including phenoxy) is 1. The molecule has 1 heterocycles. The van der Waals surface area contributed by atoms with Crippen molar-refractivity contribution in [2.45, 2.75) is 5.41 Å². The summed E-state index contributed by atoms with van der Waals surface area (Å²) >= 11 is 0. The third-order valence-electron chi connectivity index (χ3n) is 10.5. The van der Waals surface area contributed by atoms with Crippen molar-refractivity contribution in [3.63, 3.8) is 0 Å². The highest BCUT2D eigenvalue weighted by atomic mass is 16.5. The van der Waals surface area contributed by atoms with Gasteiger partial charge >= 0.3 is 0 Å². The van der Waals surface area contributed by atoms with E-state index in [0.717, 1.165) is 45.3 Å². The maximum absolute atomic E-state index is 6.82. The van der Waals surface area contributed by atoms with Crippen molar-refractivity contribution in [3.05, 3.63) is 222 Å². The first-order valence-corrected chi connectivity index (χ1v) is 17.5. The molecule has 240 valence electrons. The van der Waals surface area contributed by atoms with Crippen LogP contribution in [0.5, 0.6) is 11.5 Å². The van der Waals surface area contributed by atoms with E-state index in [1.807, 2.05) is 0 Å². The third-order valence-corrected chi connectivity index (χ3v) is 10.5. The fourth-order valence-electron chi connectivity index (χ4n) is 8.32. The van der Waals surface area contributed by atoms with Crippen LogP contribution in [0.1, 0.15) is 22.3 Å². The fraction of sp³-hybridized carbons (Fsp3) is 0.0204. The van der Waals surface area contributed by atoms with Crippen LogP contribution in [0.25, 0.3) is 33.4 Å². The van der Waals surface area contributed by atoms with Crippen molar-refractivity contribution in [2.75, 3.05) is 4.90 Å². The Morgan fingerprint density at radius 1 is 0.314 bits per heavy atom. The lowest BCUT2D eigenvalue weighted by Crippen LogP contribution is -2.32. The fourth-order valence-corrected chi connectivity index (χ4v) is 8.32. The number of hydrogen-bond donors (Lipinski definition) is 0. The minimum Gasteiger partial charge on any atom is -0.457 e. The van der Waals surface area contributed by atoms with Crippen LogP contribution in [0.4, 0.5) is 17.1 Å². The topological polar surface area (TPSA) is 12.5 Å². The van der Waals surface area contributed by atoms with E-state index in [4.69, 9.17) is 4.74 Å². The molecule has 2 heteroatoms. The molecule has 0 saturated heterocycles. The van der Waals surface area contributed by atoms with E-state index in [1.54, 1.807) is 0 Å². The minimum atomic E-state index is -0.574. The van der Waals surface area contributed by atoms with E-state index in [-0.39, 0.29) is 0 Å². The van der Waals surface area contributed by atoms with Crippen LogP contribution >= 0.6 is 0 Å². The standard InChI is InChI=1S/C49H33NO/c1-4-15-34(16-5-1)36-19-14-22-39(31-36)50(38-20-8-3-9-21-38)40-28-29-42-41-23-10-11-24-43(41)49(46(42)33-40)44-25-12-13-26-47(44)51-48-32-37(27-30-45(48)49)35-17-6-2-7-18-35/h1-33H. The van der Waals surface area contributed by atoms with Crippen LogP contribution in [-0.4, -0.2) is 0 Å². The Morgan fingerprint density at radius 3 is 1.63 bits per heavy atom. The first kappa shape index (κ1) is 29.3. The summed E-state index contributed by atoms with van der Waals surface area (Å²) in [6.45, 7) is 0. The Hall–Kier alpha value is -6.64. The van der Waals surface area contributed by atoms with Gasteiger partial charge in [0.1, 0.15) is 11.5 Å². The summed E-state index contributed by atoms with van der Waals surface area (Å²) in [6, 6.07) is 72.0. The second-order valence-corrected chi connectivity index (χ2v) is 13.3. The number of hydrogen-bond acceptors (Lipinski definition) is 2. The molecule has 1 unspecified atom stereocenters. The lowest BCUT2D eigenvalue weighted by molar-refractivity contribution is 0.436. The smallest absolute Gasteiger partial charge is 0.132 e. The van der Waals surface area contributed by atoms with Crippen molar-refractivity contribution in [1.82, 2.24) is 0 Å². The summed E-state index contributed by atoms with van der Waals surface area (Å²) < 4.78 is 6.82. The predicted octanol–water partition coefficient (Wildman–Crippen LogP) is 13.0. The molecule has 0 bridgehead atoms. The third kappa shape index (κ3) is 4.57. The average molecular weight is 652 g/mol. The summed E-state index contributed by atoms with van der Waals surface area (Å²) in [5.41, 5.74) is 14.8. The molecule has 2 nitrogen and oxygen atoms in total. The molecule has 0 aromatic heterocycles. The van der Waals surface area contributed by atoms with E-state index < -0.39 is 5.41 Å². The van der Waals surface area contributed by atoms with Crippen LogP contribution in [-0.2, 0) is 5.41 Å². The van der Waals surface area contributed by atoms with Crippen LogP contribution in [0.15, 0.2) is 200 Å². The van der Waals surface area contributed by atoms with Crippen LogP contribution in [0.3, 0.4) is 0 Å². The Kier molecular flexibility index (Phi) is 6.75. The predicted molar refractivity (Wildman–Crippen MR) is 209 cm³/mol. The molecule has 1 aliphatic carbocycles. The van der Waals surface area contributed by atoms with E-state index in [1.165, 1.54) is 38.9 Å². The lowest BCUT2D eigenvalue weighted by Gasteiger charge is -2.40. The zero-order chi connectivity index (χ0) is 33.8. The molecule has 0 radical (unpaired) electrons. The molecule has 1 atom stereocenters. The number of para-hydroxylation sites is 2. The van der Waals surface area contributed by atoms with Gasteiger partial charge in [-0.05, 0) is 93.0 Å². The maximum atomic E-state index is 6.82. The molecule has 0 N–H and O–H groups in total. The zero-order valence-electron chi connectivity index (χ0n) is 27.9. The maximum Gasteiger partial charge on any atom is 0.132 e. The molecule has 1 spiro atoms. The van der Waals surface area contributed by atoms with Gasteiger partial charge in [0.25, 0.3) is 0 Å². The molecular formula is C49H33NO. The van der Waals surface area contributed by atoms with E-state index in [0.29, 0.717) is 0 Å². The first-order chi connectivity index (χ1) is 25.3. The van der Waals surface area contributed by atoms with Gasteiger partial charge in [-0.3, -0.25) is 0 Å². The second-order valence-electron chi connectivity index (χ2n) is 13.3. The van der Waals surface area contributed by atoms with Gasteiger partial charge < -0.3 is 9.64 Å². The van der Waals surface area contributed by atoms with E-state index in [2.05, 4.69) is 205 Å². The SMILES string of the molecule is c1ccc(-c2cccc(N(c3ccccc3)c3ccc4c(c3)C3(c5ccccc5Oc5cc(-c6ccccc6)ccc53)c3ccccc3-4)c2)cc1. The Balaban J connectivity index is 1.23. The highest BCUT2D eigenvalue weighted by Crippen LogP contribution is 2.63. The van der Waals surface area contributed by atoms with Gasteiger partial charge in [0.2, 0.25) is 0 Å². The summed E-state index contributed by atoms with van der Waals surface area (Å²) in [7, 11) is 0. The molecule has 51 heavy (non-hydrogen) atoms. The lowest BCUT2D eigenvalue weighted by atomic mass is 9.66. The molecular weight excluding hydrogens is 619 g/mol. The molecule has 0 saturated carbocycles. The number of nitrogens with zero attached hydrogens (tertiary/aromatic N) is 1. The summed E-state index contributed by atoms with van der Waals surface area (Å²) in [5, 5.41) is 0. The van der Waals surface area contributed by atoms with Gasteiger partial charge in [0.15, 0.2) is 0 Å². The van der Waals surface area contributed by atoms with E-state index in [9.17, 15) is 0 Å². The Morgan fingerprint density at radius 2 is 0.863 bits per heavy atom. The molecule has 10 rings (SSSR count). The molecule has 2 aliphatic rings. The van der Waals surface area contributed by atoms with Crippen LogP contribution < -0.4 is 9.64 Å². The Bertz CT molecular complexity index is 2560. The highest BCUT2D eigenvalue weighted by molar-refractivity contribution is 5.92. The molecule has 0 fully saturated rings. The largest absolute Gasteiger partial charge is 0.457 e. The number of rotatable bonds is 5. The van der Waals surface area contributed by atoms with E-state index >= 15 is 0 Å². The van der Waals surface area contributed by atoms with Crippen molar-refractivity contribution < 1.29 is 4.74 Å². The Labute approximate surface area is 298 Å². The van der Waals surface area contributed by atoms with Crippen LogP contribution in [0.2, 0.25) is 0 Å². The van der Waals surface area contributed by atoms with Gasteiger partial charge in [-0.15, -0.1) is 0 Å². The van der Waals surface area contributed by atoms with Crippen LogP contribution in [0, 0.1) is 0 Å². The number of anilines is 3. The quantitative estimate of drug-likeness (QED) is 0.184. The van der Waals surface area contributed by atoms with Gasteiger partial charge in [0.05, 0.1) is 5.41 Å². The second kappa shape index (κ2) is 11.8. The number of fused-ring (bicyclic) bond motifs is 9. The number of benzene rings is 8. The van der Waals surface area contributed by atoms with Crippen molar-refractivity contribution in [2.24, 2.45) is 0 Å². The molecule has 1 aliphatic heterocycles.